The Kier molecular flexibility index (Phi) is 2.49. The van der Waals surface area contributed by atoms with Crippen molar-refractivity contribution in [2.24, 2.45) is 0 Å². The topological polar surface area (TPSA) is 69.1 Å². The molecule has 0 unspecified atom stereocenters. The molecule has 2 N–H and O–H groups in total. The maximum Gasteiger partial charge on any atom is 0.453 e. The van der Waals surface area contributed by atoms with Crippen molar-refractivity contribution in [1.82, 2.24) is 19.6 Å². The lowest BCUT2D eigenvalue weighted by Gasteiger charge is -2.06. The highest BCUT2D eigenvalue weighted by Gasteiger charge is 2.36. The van der Waals surface area contributed by atoms with Crippen molar-refractivity contribution in [3.05, 3.63) is 17.7 Å². The number of nitrogens with two attached hydrogens (primary N) is 1. The predicted molar refractivity (Wildman–Crippen MR) is 52.8 cm³/mol. The Morgan fingerprint density at radius 1 is 1.44 bits per heavy atom. The lowest BCUT2D eigenvalue weighted by atomic mass is 10.5. The summed E-state index contributed by atoms with van der Waals surface area (Å²) in [6.07, 6.45) is -3.24. The van der Waals surface area contributed by atoms with E-state index in [1.165, 1.54) is 6.20 Å². The molecule has 0 aliphatic heterocycles. The van der Waals surface area contributed by atoms with Crippen molar-refractivity contribution in [1.29, 1.82) is 0 Å². The molecule has 0 spiro atoms. The van der Waals surface area contributed by atoms with E-state index in [4.69, 9.17) is 5.73 Å². The van der Waals surface area contributed by atoms with Gasteiger partial charge in [0.1, 0.15) is 0 Å². The fourth-order valence-corrected chi connectivity index (χ4v) is 1.54. The molecule has 0 aromatic carbocycles. The number of nitrogen functional groups attached to an aromatic ring is 1. The molecular weight excluding hydrogens is 291 g/mol. The first-order chi connectivity index (χ1) is 7.43. The SMILES string of the molecule is Nc1nc(C(F)(F)F)nn2c(CBr)cnc12. The summed E-state index contributed by atoms with van der Waals surface area (Å²) < 4.78 is 38.3. The van der Waals surface area contributed by atoms with Crippen molar-refractivity contribution < 1.29 is 13.2 Å². The molecule has 9 heteroatoms. The monoisotopic (exact) mass is 295 g/mol. The minimum absolute atomic E-state index is 0.113. The predicted octanol–water partition coefficient (Wildman–Crippen LogP) is 1.62. The zero-order valence-corrected chi connectivity index (χ0v) is 9.25. The number of anilines is 1. The first kappa shape index (κ1) is 11.1. The summed E-state index contributed by atoms with van der Waals surface area (Å²) in [5.74, 6) is -1.58. The first-order valence-corrected chi connectivity index (χ1v) is 5.19. The molecule has 0 bridgehead atoms. The molecule has 86 valence electrons. The summed E-state index contributed by atoms with van der Waals surface area (Å²) in [4.78, 5) is 6.99. The molecule has 2 heterocycles. The van der Waals surface area contributed by atoms with E-state index >= 15 is 0 Å². The highest BCUT2D eigenvalue weighted by molar-refractivity contribution is 9.08. The highest BCUT2D eigenvalue weighted by atomic mass is 79.9. The van der Waals surface area contributed by atoms with Crippen molar-refractivity contribution in [3.8, 4) is 0 Å². The van der Waals surface area contributed by atoms with E-state index < -0.39 is 12.0 Å². The van der Waals surface area contributed by atoms with Crippen LogP contribution >= 0.6 is 15.9 Å². The minimum Gasteiger partial charge on any atom is -0.380 e. The van der Waals surface area contributed by atoms with Crippen LogP contribution in [-0.2, 0) is 11.5 Å². The molecule has 5 nitrogen and oxygen atoms in total. The van der Waals surface area contributed by atoms with E-state index in [0.717, 1.165) is 4.52 Å². The smallest absolute Gasteiger partial charge is 0.380 e. The Labute approximate surface area is 95.6 Å². The summed E-state index contributed by atoms with van der Waals surface area (Å²) in [7, 11) is 0. The van der Waals surface area contributed by atoms with Crippen molar-refractivity contribution >= 4 is 27.4 Å². The lowest BCUT2D eigenvalue weighted by molar-refractivity contribution is -0.145. The maximum absolute atomic E-state index is 12.4. The molecule has 0 radical (unpaired) electrons. The normalized spacial score (nSPS) is 12.2. The quantitative estimate of drug-likeness (QED) is 0.812. The Balaban J connectivity index is 2.73. The van der Waals surface area contributed by atoms with Crippen LogP contribution in [0.1, 0.15) is 11.5 Å². The van der Waals surface area contributed by atoms with Gasteiger partial charge in [0.15, 0.2) is 11.5 Å². The molecule has 16 heavy (non-hydrogen) atoms. The second kappa shape index (κ2) is 3.58. The number of hydrogen-bond acceptors (Lipinski definition) is 4. The van der Waals surface area contributed by atoms with Gasteiger partial charge >= 0.3 is 6.18 Å². The number of alkyl halides is 4. The lowest BCUT2D eigenvalue weighted by Crippen LogP contribution is -2.16. The minimum atomic E-state index is -4.63. The molecule has 2 aromatic heterocycles. The second-order valence-corrected chi connectivity index (χ2v) is 3.50. The van der Waals surface area contributed by atoms with E-state index in [1.807, 2.05) is 0 Å². The number of nitrogens with zero attached hydrogens (tertiary/aromatic N) is 4. The Bertz CT molecular complexity index is 535. The van der Waals surface area contributed by atoms with Gasteiger partial charge in [-0.25, -0.2) is 14.5 Å². The van der Waals surface area contributed by atoms with Gasteiger partial charge in [0.2, 0.25) is 0 Å². The Morgan fingerprint density at radius 3 is 2.69 bits per heavy atom. The van der Waals surface area contributed by atoms with Crippen LogP contribution in [0.5, 0.6) is 0 Å². The fourth-order valence-electron chi connectivity index (χ4n) is 1.16. The third kappa shape index (κ3) is 1.70. The fraction of sp³-hybridized carbons (Fsp3) is 0.286. The van der Waals surface area contributed by atoms with E-state index in [2.05, 4.69) is 31.0 Å². The van der Waals surface area contributed by atoms with Crippen molar-refractivity contribution in [3.63, 3.8) is 0 Å². The number of fused-ring (bicyclic) bond motifs is 1. The summed E-state index contributed by atoms with van der Waals surface area (Å²) >= 11 is 3.11. The van der Waals surface area contributed by atoms with Crippen LogP contribution in [0.3, 0.4) is 0 Å². The average Bonchev–Trinajstić information content (AvgIpc) is 2.59. The molecule has 2 aromatic rings. The third-order valence-corrected chi connectivity index (χ3v) is 2.42. The number of aromatic nitrogens is 4. The van der Waals surface area contributed by atoms with Gasteiger partial charge in [0.25, 0.3) is 5.82 Å². The third-order valence-electron chi connectivity index (χ3n) is 1.85. The van der Waals surface area contributed by atoms with Gasteiger partial charge in [-0.2, -0.15) is 13.2 Å². The average molecular weight is 296 g/mol. The first-order valence-electron chi connectivity index (χ1n) is 4.06. The number of rotatable bonds is 1. The van der Waals surface area contributed by atoms with E-state index in [-0.39, 0.29) is 11.5 Å². The van der Waals surface area contributed by atoms with Crippen LogP contribution in [0.4, 0.5) is 19.0 Å². The molecule has 0 amide bonds. The molecule has 0 saturated carbocycles. The molecular formula is C7H5BrF3N5. The zero-order chi connectivity index (χ0) is 11.9. The highest BCUT2D eigenvalue weighted by Crippen LogP contribution is 2.27. The summed E-state index contributed by atoms with van der Waals surface area (Å²) in [6, 6.07) is 0. The molecule has 0 fully saturated rings. The van der Waals surface area contributed by atoms with E-state index in [9.17, 15) is 13.2 Å². The zero-order valence-electron chi connectivity index (χ0n) is 7.66. The van der Waals surface area contributed by atoms with Crippen LogP contribution < -0.4 is 5.73 Å². The number of imidazole rings is 1. The molecule has 0 aliphatic carbocycles. The van der Waals surface area contributed by atoms with Gasteiger partial charge in [-0.3, -0.25) is 0 Å². The number of hydrogen-bond donors (Lipinski definition) is 1. The van der Waals surface area contributed by atoms with Gasteiger partial charge < -0.3 is 5.73 Å². The van der Waals surface area contributed by atoms with E-state index in [0.29, 0.717) is 11.0 Å². The van der Waals surface area contributed by atoms with Crippen molar-refractivity contribution in [2.45, 2.75) is 11.5 Å². The van der Waals surface area contributed by atoms with Crippen LogP contribution in [0, 0.1) is 0 Å². The Hall–Kier alpha value is -1.38. The summed E-state index contributed by atoms with van der Waals surface area (Å²) in [5.41, 5.74) is 5.95. The standard InChI is InChI=1S/C7H5BrF3N5/c8-1-3-2-13-5-4(12)14-6(7(9,10)11)15-16(3)5/h2H,1H2,(H2,12,14,15). The molecule has 0 saturated heterocycles. The van der Waals surface area contributed by atoms with Crippen LogP contribution in [-0.4, -0.2) is 19.6 Å². The van der Waals surface area contributed by atoms with E-state index in [1.54, 1.807) is 0 Å². The van der Waals surface area contributed by atoms with Crippen LogP contribution in [0.2, 0.25) is 0 Å². The molecule has 0 atom stereocenters. The van der Waals surface area contributed by atoms with Crippen LogP contribution in [0.15, 0.2) is 6.20 Å². The molecule has 2 rings (SSSR count). The number of halogens is 4. The largest absolute Gasteiger partial charge is 0.453 e. The van der Waals surface area contributed by atoms with Crippen LogP contribution in [0.25, 0.3) is 5.65 Å². The Morgan fingerprint density at radius 2 is 2.12 bits per heavy atom. The van der Waals surface area contributed by atoms with Gasteiger partial charge in [-0.1, -0.05) is 15.9 Å². The van der Waals surface area contributed by atoms with Crippen molar-refractivity contribution in [2.75, 3.05) is 5.73 Å². The van der Waals surface area contributed by atoms with Gasteiger partial charge in [0, 0.05) is 5.33 Å². The summed E-state index contributed by atoms with van der Waals surface area (Å²) in [6.45, 7) is 0. The second-order valence-electron chi connectivity index (χ2n) is 2.94. The molecule has 0 aliphatic rings. The maximum atomic E-state index is 12.4. The summed E-state index contributed by atoms with van der Waals surface area (Å²) in [5, 5.41) is 3.67. The van der Waals surface area contributed by atoms with Gasteiger partial charge in [-0.15, -0.1) is 5.10 Å². The van der Waals surface area contributed by atoms with Gasteiger partial charge in [-0.05, 0) is 0 Å². The van der Waals surface area contributed by atoms with Gasteiger partial charge in [0.05, 0.1) is 11.9 Å².